The summed E-state index contributed by atoms with van der Waals surface area (Å²) in [5.74, 6) is 0.153. The molecule has 1 saturated carbocycles. The number of ether oxygens (including phenoxy) is 1. The zero-order valence-corrected chi connectivity index (χ0v) is 14.0. The van der Waals surface area contributed by atoms with Crippen LogP contribution in [0.25, 0.3) is 0 Å². The summed E-state index contributed by atoms with van der Waals surface area (Å²) in [6.45, 7) is 2.87. The SMILES string of the molecule is Cc1ccc(C2C(CN(C)C)C(=O)OC23CCCCC3)cc1. The van der Waals surface area contributed by atoms with Crippen LogP contribution in [0.1, 0.15) is 49.1 Å². The van der Waals surface area contributed by atoms with Gasteiger partial charge in [0.05, 0.1) is 5.92 Å². The molecule has 2 fully saturated rings. The van der Waals surface area contributed by atoms with Crippen LogP contribution in [0.3, 0.4) is 0 Å². The maximum atomic E-state index is 12.6. The third-order valence-electron chi connectivity index (χ3n) is 5.27. The van der Waals surface area contributed by atoms with E-state index in [0.717, 1.165) is 19.4 Å². The smallest absolute Gasteiger partial charge is 0.311 e. The quantitative estimate of drug-likeness (QED) is 0.800. The number of esters is 1. The Kier molecular flexibility index (Phi) is 4.26. The Morgan fingerprint density at radius 1 is 1.14 bits per heavy atom. The molecule has 22 heavy (non-hydrogen) atoms. The van der Waals surface area contributed by atoms with Gasteiger partial charge in [-0.2, -0.15) is 0 Å². The van der Waals surface area contributed by atoms with Crippen LogP contribution >= 0.6 is 0 Å². The average molecular weight is 301 g/mol. The van der Waals surface area contributed by atoms with E-state index >= 15 is 0 Å². The van der Waals surface area contributed by atoms with E-state index in [1.54, 1.807) is 0 Å². The molecule has 3 nitrogen and oxygen atoms in total. The van der Waals surface area contributed by atoms with Crippen LogP contribution in [0.4, 0.5) is 0 Å². The number of carbonyl (C=O) groups is 1. The molecule has 3 heteroatoms. The minimum atomic E-state index is -0.259. The van der Waals surface area contributed by atoms with E-state index in [1.165, 1.54) is 30.4 Å². The number of nitrogens with zero attached hydrogens (tertiary/aromatic N) is 1. The second-order valence-electron chi connectivity index (χ2n) is 7.30. The van der Waals surface area contributed by atoms with Crippen molar-refractivity contribution in [1.29, 1.82) is 0 Å². The minimum absolute atomic E-state index is 0.00109. The molecule has 1 aliphatic heterocycles. The Bertz CT molecular complexity index is 529. The van der Waals surface area contributed by atoms with Gasteiger partial charge in [0.25, 0.3) is 0 Å². The molecule has 1 heterocycles. The molecular weight excluding hydrogens is 274 g/mol. The predicted octanol–water partition coefficient (Wildman–Crippen LogP) is 3.52. The number of hydrogen-bond acceptors (Lipinski definition) is 3. The van der Waals surface area contributed by atoms with Crippen molar-refractivity contribution in [2.45, 2.75) is 50.5 Å². The van der Waals surface area contributed by atoms with Crippen LogP contribution in [0.5, 0.6) is 0 Å². The van der Waals surface area contributed by atoms with Crippen LogP contribution in [-0.2, 0) is 9.53 Å². The van der Waals surface area contributed by atoms with Gasteiger partial charge in [0.2, 0.25) is 0 Å². The van der Waals surface area contributed by atoms with Gasteiger partial charge in [-0.25, -0.2) is 0 Å². The minimum Gasteiger partial charge on any atom is -0.458 e. The summed E-state index contributed by atoms with van der Waals surface area (Å²) in [7, 11) is 4.07. The maximum Gasteiger partial charge on any atom is 0.311 e. The van der Waals surface area contributed by atoms with Crippen LogP contribution in [-0.4, -0.2) is 37.1 Å². The lowest BCUT2D eigenvalue weighted by Crippen LogP contribution is -2.39. The predicted molar refractivity (Wildman–Crippen MR) is 87.9 cm³/mol. The summed E-state index contributed by atoms with van der Waals surface area (Å²) in [6, 6.07) is 8.70. The normalized spacial score (nSPS) is 27.4. The molecule has 2 atom stereocenters. The average Bonchev–Trinajstić information content (AvgIpc) is 2.72. The van der Waals surface area contributed by atoms with Gasteiger partial charge in [0.15, 0.2) is 0 Å². The summed E-state index contributed by atoms with van der Waals surface area (Å²) < 4.78 is 6.03. The summed E-state index contributed by atoms with van der Waals surface area (Å²) in [4.78, 5) is 14.7. The summed E-state index contributed by atoms with van der Waals surface area (Å²) in [6.07, 6.45) is 5.63. The van der Waals surface area contributed by atoms with Gasteiger partial charge in [0.1, 0.15) is 5.60 Å². The molecule has 0 N–H and O–H groups in total. The standard InChI is InChI=1S/C19H27NO2/c1-14-7-9-15(10-8-14)17-16(13-20(2)3)18(21)22-19(17)11-5-4-6-12-19/h7-10,16-17H,4-6,11-13H2,1-3H3. The van der Waals surface area contributed by atoms with E-state index in [9.17, 15) is 4.79 Å². The van der Waals surface area contributed by atoms with Crippen molar-refractivity contribution in [2.24, 2.45) is 5.92 Å². The molecule has 0 bridgehead atoms. The van der Waals surface area contributed by atoms with E-state index in [0.29, 0.717) is 0 Å². The highest BCUT2D eigenvalue weighted by atomic mass is 16.6. The Morgan fingerprint density at radius 3 is 2.36 bits per heavy atom. The molecule has 2 unspecified atom stereocenters. The first-order valence-electron chi connectivity index (χ1n) is 8.46. The van der Waals surface area contributed by atoms with Crippen molar-refractivity contribution in [3.63, 3.8) is 0 Å². The Hall–Kier alpha value is -1.35. The van der Waals surface area contributed by atoms with Crippen LogP contribution in [0, 0.1) is 12.8 Å². The molecular formula is C19H27NO2. The Balaban J connectivity index is 1.99. The highest BCUT2D eigenvalue weighted by molar-refractivity contribution is 5.78. The number of carbonyl (C=O) groups excluding carboxylic acids is 1. The third kappa shape index (κ3) is 2.79. The lowest BCUT2D eigenvalue weighted by atomic mass is 9.69. The monoisotopic (exact) mass is 301 g/mol. The molecule has 120 valence electrons. The largest absolute Gasteiger partial charge is 0.458 e. The molecule has 2 aliphatic rings. The van der Waals surface area contributed by atoms with E-state index in [4.69, 9.17) is 4.74 Å². The van der Waals surface area contributed by atoms with Crippen molar-refractivity contribution in [2.75, 3.05) is 20.6 Å². The molecule has 1 aliphatic carbocycles. The van der Waals surface area contributed by atoms with Crippen molar-refractivity contribution in [3.8, 4) is 0 Å². The third-order valence-corrected chi connectivity index (χ3v) is 5.27. The van der Waals surface area contributed by atoms with E-state index in [-0.39, 0.29) is 23.4 Å². The molecule has 0 aromatic heterocycles. The molecule has 1 aromatic carbocycles. The molecule has 0 amide bonds. The molecule has 1 aromatic rings. The topological polar surface area (TPSA) is 29.5 Å². The second-order valence-corrected chi connectivity index (χ2v) is 7.30. The lowest BCUT2D eigenvalue weighted by molar-refractivity contribution is -0.153. The zero-order chi connectivity index (χ0) is 15.7. The van der Waals surface area contributed by atoms with Crippen LogP contribution in [0.15, 0.2) is 24.3 Å². The highest BCUT2D eigenvalue weighted by Crippen LogP contribution is 2.52. The van der Waals surface area contributed by atoms with Gasteiger partial charge in [0, 0.05) is 12.5 Å². The fraction of sp³-hybridized carbons (Fsp3) is 0.632. The number of hydrogen-bond donors (Lipinski definition) is 0. The van der Waals surface area contributed by atoms with Gasteiger partial charge >= 0.3 is 5.97 Å². The molecule has 0 radical (unpaired) electrons. The first-order chi connectivity index (χ1) is 10.5. The Morgan fingerprint density at radius 2 is 1.77 bits per heavy atom. The van der Waals surface area contributed by atoms with Gasteiger partial charge in [-0.3, -0.25) is 4.79 Å². The van der Waals surface area contributed by atoms with Crippen LogP contribution in [0.2, 0.25) is 0 Å². The molecule has 3 rings (SSSR count). The highest BCUT2D eigenvalue weighted by Gasteiger charge is 2.55. The van der Waals surface area contributed by atoms with E-state index in [1.807, 2.05) is 14.1 Å². The maximum absolute atomic E-state index is 12.6. The van der Waals surface area contributed by atoms with Crippen molar-refractivity contribution in [1.82, 2.24) is 4.90 Å². The fourth-order valence-corrected chi connectivity index (χ4v) is 4.29. The van der Waals surface area contributed by atoms with Crippen LogP contribution < -0.4 is 0 Å². The van der Waals surface area contributed by atoms with Gasteiger partial charge in [-0.15, -0.1) is 0 Å². The fourth-order valence-electron chi connectivity index (χ4n) is 4.29. The zero-order valence-electron chi connectivity index (χ0n) is 14.0. The molecule has 1 saturated heterocycles. The van der Waals surface area contributed by atoms with Gasteiger partial charge < -0.3 is 9.64 Å². The van der Waals surface area contributed by atoms with Crippen molar-refractivity contribution in [3.05, 3.63) is 35.4 Å². The van der Waals surface area contributed by atoms with Gasteiger partial charge in [-0.05, 0) is 52.3 Å². The summed E-state index contributed by atoms with van der Waals surface area (Å²) in [5, 5.41) is 0. The number of benzene rings is 1. The van der Waals surface area contributed by atoms with Crippen molar-refractivity contribution < 1.29 is 9.53 Å². The van der Waals surface area contributed by atoms with Crippen molar-refractivity contribution >= 4 is 5.97 Å². The van der Waals surface area contributed by atoms with E-state index < -0.39 is 0 Å². The summed E-state index contributed by atoms with van der Waals surface area (Å²) in [5.41, 5.74) is 2.27. The molecule has 1 spiro atoms. The second kappa shape index (κ2) is 6.04. The first kappa shape index (κ1) is 15.5. The summed E-state index contributed by atoms with van der Waals surface area (Å²) >= 11 is 0. The number of aryl methyl sites for hydroxylation is 1. The number of rotatable bonds is 3. The lowest BCUT2D eigenvalue weighted by Gasteiger charge is -2.38. The first-order valence-corrected chi connectivity index (χ1v) is 8.46. The van der Waals surface area contributed by atoms with Gasteiger partial charge in [-0.1, -0.05) is 36.2 Å². The van der Waals surface area contributed by atoms with E-state index in [2.05, 4.69) is 36.1 Å². The Labute approximate surface area is 133 Å².